The van der Waals surface area contributed by atoms with Crippen LogP contribution in [0.3, 0.4) is 0 Å². The first-order chi connectivity index (χ1) is 22.3. The summed E-state index contributed by atoms with van der Waals surface area (Å²) >= 11 is 0. The number of nitrogens with zero attached hydrogens (tertiary/aromatic N) is 2. The SMILES string of the molecule is COc1ccc(C(C(=O)Nc2ccc3c(c2)OCO3)N(Cc2ccc(F)cc2)C(=O)CN2C(=O)C(=O)c3ccccc32)cc1OC. The fourth-order valence-electron chi connectivity index (χ4n) is 5.42. The van der Waals surface area contributed by atoms with Crippen molar-refractivity contribution in [2.24, 2.45) is 0 Å². The van der Waals surface area contributed by atoms with E-state index in [2.05, 4.69) is 5.32 Å². The molecule has 0 aromatic heterocycles. The Bertz CT molecular complexity index is 1840. The normalized spacial score (nSPS) is 13.7. The van der Waals surface area contributed by atoms with Crippen molar-refractivity contribution in [3.8, 4) is 23.0 Å². The van der Waals surface area contributed by atoms with Crippen molar-refractivity contribution in [3.05, 3.63) is 107 Å². The number of benzene rings is 4. The summed E-state index contributed by atoms with van der Waals surface area (Å²) in [6, 6.07) is 20.3. The molecule has 46 heavy (non-hydrogen) atoms. The summed E-state index contributed by atoms with van der Waals surface area (Å²) in [4.78, 5) is 56.7. The van der Waals surface area contributed by atoms with E-state index in [1.807, 2.05) is 0 Å². The largest absolute Gasteiger partial charge is 0.493 e. The zero-order valence-corrected chi connectivity index (χ0v) is 24.8. The van der Waals surface area contributed by atoms with Crippen LogP contribution in [-0.4, -0.2) is 56.0 Å². The van der Waals surface area contributed by atoms with Crippen LogP contribution in [0.15, 0.2) is 84.9 Å². The van der Waals surface area contributed by atoms with Crippen LogP contribution in [0.1, 0.15) is 27.5 Å². The van der Waals surface area contributed by atoms with Crippen molar-refractivity contribution in [2.75, 3.05) is 37.8 Å². The highest BCUT2D eigenvalue weighted by molar-refractivity contribution is 6.52. The minimum Gasteiger partial charge on any atom is -0.493 e. The lowest BCUT2D eigenvalue weighted by Gasteiger charge is -2.33. The number of nitrogens with one attached hydrogen (secondary N) is 1. The first kappa shape index (κ1) is 30.1. The molecule has 234 valence electrons. The average molecular weight is 626 g/mol. The fraction of sp³-hybridized carbons (Fsp3) is 0.176. The van der Waals surface area contributed by atoms with Gasteiger partial charge in [0.15, 0.2) is 23.0 Å². The first-order valence-electron chi connectivity index (χ1n) is 14.2. The topological polar surface area (TPSA) is 124 Å². The van der Waals surface area contributed by atoms with Gasteiger partial charge in [0.05, 0.1) is 25.5 Å². The fourth-order valence-corrected chi connectivity index (χ4v) is 5.42. The number of Topliss-reactive ketones (excluding diaryl/α,β-unsaturated/α-hetero) is 1. The van der Waals surface area contributed by atoms with Gasteiger partial charge in [0, 0.05) is 18.3 Å². The van der Waals surface area contributed by atoms with Gasteiger partial charge in [-0.2, -0.15) is 0 Å². The molecule has 2 aliphatic heterocycles. The minimum absolute atomic E-state index is 0.0435. The van der Waals surface area contributed by atoms with Crippen LogP contribution >= 0.6 is 0 Å². The number of hydrogen-bond donors (Lipinski definition) is 1. The molecule has 0 saturated heterocycles. The number of halogens is 1. The first-order valence-corrected chi connectivity index (χ1v) is 14.2. The second-order valence-electron chi connectivity index (χ2n) is 10.5. The molecule has 1 unspecified atom stereocenters. The van der Waals surface area contributed by atoms with Gasteiger partial charge in [-0.05, 0) is 59.7 Å². The van der Waals surface area contributed by atoms with E-state index in [0.29, 0.717) is 45.5 Å². The van der Waals surface area contributed by atoms with Crippen LogP contribution < -0.4 is 29.2 Å². The van der Waals surface area contributed by atoms with Gasteiger partial charge in [0.25, 0.3) is 17.6 Å². The second-order valence-corrected chi connectivity index (χ2v) is 10.5. The highest BCUT2D eigenvalue weighted by Crippen LogP contribution is 2.37. The number of fused-ring (bicyclic) bond motifs is 2. The molecule has 0 fully saturated rings. The summed E-state index contributed by atoms with van der Waals surface area (Å²) in [6.45, 7) is -0.643. The lowest BCUT2D eigenvalue weighted by molar-refractivity contribution is -0.139. The number of methoxy groups -OCH3 is 2. The smallest absolute Gasteiger partial charge is 0.299 e. The number of rotatable bonds is 10. The monoisotopic (exact) mass is 625 g/mol. The summed E-state index contributed by atoms with van der Waals surface area (Å²) in [5.41, 5.74) is 1.72. The van der Waals surface area contributed by atoms with Crippen LogP contribution in [-0.2, 0) is 20.9 Å². The summed E-state index contributed by atoms with van der Waals surface area (Å²) in [7, 11) is 2.91. The Hall–Kier alpha value is -5.91. The zero-order chi connectivity index (χ0) is 32.4. The van der Waals surface area contributed by atoms with Crippen LogP contribution in [0.2, 0.25) is 0 Å². The van der Waals surface area contributed by atoms with E-state index in [-0.39, 0.29) is 18.9 Å². The Labute approximate surface area is 263 Å². The van der Waals surface area contributed by atoms with Gasteiger partial charge in [-0.3, -0.25) is 24.1 Å². The molecule has 0 aliphatic carbocycles. The summed E-state index contributed by atoms with van der Waals surface area (Å²) in [5, 5.41) is 2.86. The third-order valence-corrected chi connectivity index (χ3v) is 7.68. The summed E-state index contributed by atoms with van der Waals surface area (Å²) in [5.74, 6) is -1.65. The van der Waals surface area contributed by atoms with E-state index in [1.54, 1.807) is 54.6 Å². The molecule has 2 aliphatic rings. The Morgan fingerprint density at radius 2 is 1.65 bits per heavy atom. The maximum atomic E-state index is 14.3. The summed E-state index contributed by atoms with van der Waals surface area (Å²) in [6.07, 6.45) is 0. The van der Waals surface area contributed by atoms with Crippen LogP contribution in [0.25, 0.3) is 0 Å². The molecule has 0 spiro atoms. The van der Waals surface area contributed by atoms with Gasteiger partial charge in [0.2, 0.25) is 12.7 Å². The van der Waals surface area contributed by atoms with Crippen molar-refractivity contribution in [1.82, 2.24) is 4.90 Å². The van der Waals surface area contributed by atoms with E-state index in [4.69, 9.17) is 18.9 Å². The number of carbonyl (C=O) groups excluding carboxylic acids is 4. The molecule has 0 saturated carbocycles. The standard InChI is InChI=1S/C34H28FN3O8/c1-43-26-13-9-21(15-28(26)44-2)31(33(41)36-23-12-14-27-29(16-23)46-19-45-27)38(17-20-7-10-22(35)11-8-20)30(39)18-37-25-6-4-3-5-24(25)32(40)34(37)42/h3-16,31H,17-19H2,1-2H3,(H,36,41). The molecule has 0 bridgehead atoms. The molecule has 2 heterocycles. The quantitative estimate of drug-likeness (QED) is 0.256. The van der Waals surface area contributed by atoms with E-state index in [1.165, 1.54) is 49.5 Å². The van der Waals surface area contributed by atoms with E-state index >= 15 is 0 Å². The molecule has 6 rings (SSSR count). The molecular weight excluding hydrogens is 597 g/mol. The van der Waals surface area contributed by atoms with E-state index in [0.717, 1.165) is 4.90 Å². The number of para-hydroxylation sites is 1. The molecule has 1 N–H and O–H groups in total. The Morgan fingerprint density at radius 1 is 0.913 bits per heavy atom. The molecule has 12 heteroatoms. The second kappa shape index (κ2) is 12.6. The Balaban J connectivity index is 1.42. The number of anilines is 2. The highest BCUT2D eigenvalue weighted by atomic mass is 19.1. The van der Waals surface area contributed by atoms with Crippen LogP contribution in [0.5, 0.6) is 23.0 Å². The van der Waals surface area contributed by atoms with Crippen molar-refractivity contribution in [2.45, 2.75) is 12.6 Å². The average Bonchev–Trinajstić information content (AvgIpc) is 3.63. The Morgan fingerprint density at radius 3 is 2.41 bits per heavy atom. The number of hydrogen-bond acceptors (Lipinski definition) is 8. The van der Waals surface area contributed by atoms with Gasteiger partial charge in [-0.15, -0.1) is 0 Å². The van der Waals surface area contributed by atoms with Gasteiger partial charge in [-0.25, -0.2) is 4.39 Å². The number of carbonyl (C=O) groups is 4. The lowest BCUT2D eigenvalue weighted by atomic mass is 10.0. The third-order valence-electron chi connectivity index (χ3n) is 7.68. The molecule has 4 aromatic carbocycles. The number of ketones is 1. The van der Waals surface area contributed by atoms with Crippen LogP contribution in [0, 0.1) is 5.82 Å². The van der Waals surface area contributed by atoms with Crippen molar-refractivity contribution in [1.29, 1.82) is 0 Å². The molecular formula is C34H28FN3O8. The molecule has 11 nitrogen and oxygen atoms in total. The predicted molar refractivity (Wildman–Crippen MR) is 164 cm³/mol. The molecule has 1 atom stereocenters. The van der Waals surface area contributed by atoms with Crippen molar-refractivity contribution >= 4 is 34.9 Å². The van der Waals surface area contributed by atoms with Crippen LogP contribution in [0.4, 0.5) is 15.8 Å². The third kappa shape index (κ3) is 5.80. The lowest BCUT2D eigenvalue weighted by Crippen LogP contribution is -2.46. The van der Waals surface area contributed by atoms with Gasteiger partial charge in [0.1, 0.15) is 18.4 Å². The van der Waals surface area contributed by atoms with Crippen molar-refractivity contribution in [3.63, 3.8) is 0 Å². The molecule has 0 radical (unpaired) electrons. The van der Waals surface area contributed by atoms with Gasteiger partial charge >= 0.3 is 0 Å². The minimum atomic E-state index is -1.30. The summed E-state index contributed by atoms with van der Waals surface area (Å²) < 4.78 is 35.6. The maximum absolute atomic E-state index is 14.3. The highest BCUT2D eigenvalue weighted by Gasteiger charge is 2.39. The van der Waals surface area contributed by atoms with Gasteiger partial charge in [-0.1, -0.05) is 30.3 Å². The van der Waals surface area contributed by atoms with E-state index < -0.39 is 41.9 Å². The molecule has 3 amide bonds. The predicted octanol–water partition coefficient (Wildman–Crippen LogP) is 4.51. The maximum Gasteiger partial charge on any atom is 0.299 e. The Kier molecular flexibility index (Phi) is 8.25. The zero-order valence-electron chi connectivity index (χ0n) is 24.8. The number of ether oxygens (including phenoxy) is 4. The van der Waals surface area contributed by atoms with Crippen molar-refractivity contribution < 1.29 is 42.5 Å². The molecule has 4 aromatic rings. The van der Waals surface area contributed by atoms with Gasteiger partial charge < -0.3 is 29.2 Å². The number of amides is 3. The van der Waals surface area contributed by atoms with E-state index in [9.17, 15) is 23.6 Å².